The molecule has 3 rings (SSSR count). The lowest BCUT2D eigenvalue weighted by Crippen LogP contribution is -2.00. The van der Waals surface area contributed by atoms with Crippen molar-refractivity contribution < 1.29 is 9.18 Å². The highest BCUT2D eigenvalue weighted by Crippen LogP contribution is 2.30. The number of para-hydroxylation sites is 1. The first-order valence-corrected chi connectivity index (χ1v) is 6.78. The average Bonchev–Trinajstić information content (AvgIpc) is 2.91. The highest BCUT2D eigenvalue weighted by Gasteiger charge is 2.11. The second kappa shape index (κ2) is 5.81. The molecule has 0 unspecified atom stereocenters. The van der Waals surface area contributed by atoms with Gasteiger partial charge in [-0.15, -0.1) is 0 Å². The molecular formula is C17H14FN3O. The van der Waals surface area contributed by atoms with Gasteiger partial charge in [-0.25, -0.2) is 9.37 Å². The first-order valence-electron chi connectivity index (χ1n) is 6.78. The summed E-state index contributed by atoms with van der Waals surface area (Å²) in [5, 5.41) is 3.26. The summed E-state index contributed by atoms with van der Waals surface area (Å²) < 4.78 is 14.7. The molecule has 0 spiro atoms. The number of carbonyl (C=O) groups excluding carboxylic acids is 1. The van der Waals surface area contributed by atoms with Crippen molar-refractivity contribution in [3.05, 3.63) is 66.4 Å². The molecule has 0 radical (unpaired) electrons. The minimum atomic E-state index is -0.277. The predicted molar refractivity (Wildman–Crippen MR) is 83.7 cm³/mol. The summed E-state index contributed by atoms with van der Waals surface area (Å²) in [6, 6.07) is 13.8. The van der Waals surface area contributed by atoms with Gasteiger partial charge in [-0.1, -0.05) is 18.2 Å². The Bertz CT molecular complexity index is 809. The number of rotatable bonds is 4. The summed E-state index contributed by atoms with van der Waals surface area (Å²) in [6.07, 6.45) is 2.38. The fourth-order valence-corrected chi connectivity index (χ4v) is 2.29. The van der Waals surface area contributed by atoms with Gasteiger partial charge in [-0.2, -0.15) is 0 Å². The average molecular weight is 295 g/mol. The van der Waals surface area contributed by atoms with Crippen LogP contribution in [0.25, 0.3) is 11.3 Å². The maximum absolute atomic E-state index is 13.0. The van der Waals surface area contributed by atoms with E-state index in [0.717, 1.165) is 28.9 Å². The van der Waals surface area contributed by atoms with Gasteiger partial charge in [0.2, 0.25) is 0 Å². The topological polar surface area (TPSA) is 46.9 Å². The van der Waals surface area contributed by atoms with Crippen LogP contribution in [0.15, 0.2) is 54.7 Å². The molecule has 1 aromatic heterocycles. The molecule has 22 heavy (non-hydrogen) atoms. The van der Waals surface area contributed by atoms with Gasteiger partial charge < -0.3 is 9.88 Å². The molecule has 5 heteroatoms. The number of benzene rings is 2. The minimum absolute atomic E-state index is 0.277. The second-order valence-electron chi connectivity index (χ2n) is 4.86. The van der Waals surface area contributed by atoms with E-state index in [2.05, 4.69) is 10.3 Å². The number of aldehydes is 1. The Morgan fingerprint density at radius 2 is 1.86 bits per heavy atom. The maximum Gasteiger partial charge on any atom is 0.185 e. The van der Waals surface area contributed by atoms with Crippen molar-refractivity contribution in [2.45, 2.75) is 0 Å². The first-order chi connectivity index (χ1) is 10.7. The van der Waals surface area contributed by atoms with Crippen LogP contribution in [0.3, 0.4) is 0 Å². The Labute approximate surface area is 127 Å². The van der Waals surface area contributed by atoms with Gasteiger partial charge in [0.25, 0.3) is 0 Å². The number of nitrogens with one attached hydrogen (secondary N) is 1. The van der Waals surface area contributed by atoms with Crippen LogP contribution in [0.4, 0.5) is 15.8 Å². The molecule has 1 heterocycles. The van der Waals surface area contributed by atoms with E-state index in [1.165, 1.54) is 12.1 Å². The quantitative estimate of drug-likeness (QED) is 0.745. The van der Waals surface area contributed by atoms with E-state index in [4.69, 9.17) is 0 Å². The second-order valence-corrected chi connectivity index (χ2v) is 4.86. The molecule has 0 saturated heterocycles. The fourth-order valence-electron chi connectivity index (χ4n) is 2.29. The number of nitrogens with zero attached hydrogens (tertiary/aromatic N) is 2. The molecule has 3 aromatic rings. The minimum Gasteiger partial charge on any atom is -0.355 e. The third-order valence-electron chi connectivity index (χ3n) is 3.46. The Morgan fingerprint density at radius 3 is 2.55 bits per heavy atom. The van der Waals surface area contributed by atoms with E-state index in [9.17, 15) is 9.18 Å². The molecule has 1 N–H and O–H groups in total. The van der Waals surface area contributed by atoms with E-state index in [1.54, 1.807) is 29.9 Å². The molecule has 0 bridgehead atoms. The normalized spacial score (nSPS) is 10.5. The summed E-state index contributed by atoms with van der Waals surface area (Å²) in [7, 11) is 1.79. The smallest absolute Gasteiger partial charge is 0.185 e. The van der Waals surface area contributed by atoms with Gasteiger partial charge in [-0.05, 0) is 30.3 Å². The standard InChI is InChI=1S/C17H14FN3O/c1-21-16(10-19-17(21)11-22)14-4-2-3-5-15(14)20-13-8-6-12(18)7-9-13/h2-11,20H,1H3. The molecule has 0 aliphatic carbocycles. The van der Waals surface area contributed by atoms with Crippen LogP contribution in [0.2, 0.25) is 0 Å². The molecule has 4 nitrogen and oxygen atoms in total. The lowest BCUT2D eigenvalue weighted by Gasteiger charge is -2.12. The van der Waals surface area contributed by atoms with E-state index in [0.29, 0.717) is 5.82 Å². The molecule has 0 fully saturated rings. The largest absolute Gasteiger partial charge is 0.355 e. The van der Waals surface area contributed by atoms with Crippen LogP contribution in [0.1, 0.15) is 10.6 Å². The molecule has 110 valence electrons. The lowest BCUT2D eigenvalue weighted by molar-refractivity contribution is 0.111. The summed E-state index contributed by atoms with van der Waals surface area (Å²) in [4.78, 5) is 15.0. The Hall–Kier alpha value is -2.95. The predicted octanol–water partition coefficient (Wildman–Crippen LogP) is 3.78. The van der Waals surface area contributed by atoms with Gasteiger partial charge >= 0.3 is 0 Å². The van der Waals surface area contributed by atoms with Gasteiger partial charge in [-0.3, -0.25) is 4.79 Å². The SMILES string of the molecule is Cn1c(-c2ccccc2Nc2ccc(F)cc2)cnc1C=O. The molecule has 0 aliphatic rings. The van der Waals surface area contributed by atoms with Crippen molar-refractivity contribution in [3.8, 4) is 11.3 Å². The number of imidazole rings is 1. The number of aromatic nitrogens is 2. The third kappa shape index (κ3) is 2.61. The van der Waals surface area contributed by atoms with E-state index in [1.807, 2.05) is 24.3 Å². The van der Waals surface area contributed by atoms with E-state index in [-0.39, 0.29) is 5.82 Å². The number of carbonyl (C=O) groups is 1. The van der Waals surface area contributed by atoms with Crippen molar-refractivity contribution in [1.29, 1.82) is 0 Å². The Kier molecular flexibility index (Phi) is 3.70. The van der Waals surface area contributed by atoms with Gasteiger partial charge in [0.05, 0.1) is 11.9 Å². The van der Waals surface area contributed by atoms with E-state index >= 15 is 0 Å². The number of halogens is 1. The summed E-state index contributed by atoms with van der Waals surface area (Å²) in [6.45, 7) is 0. The number of hydrogen-bond acceptors (Lipinski definition) is 3. The molecular weight excluding hydrogens is 281 g/mol. The summed E-state index contributed by atoms with van der Waals surface area (Å²) in [5.41, 5.74) is 3.38. The van der Waals surface area contributed by atoms with Crippen LogP contribution < -0.4 is 5.32 Å². The molecule has 0 atom stereocenters. The van der Waals surface area contributed by atoms with Crippen molar-refractivity contribution in [1.82, 2.24) is 9.55 Å². The van der Waals surface area contributed by atoms with Crippen LogP contribution in [0.5, 0.6) is 0 Å². The Balaban J connectivity index is 2.01. The zero-order valence-corrected chi connectivity index (χ0v) is 12.0. The molecule has 0 amide bonds. The lowest BCUT2D eigenvalue weighted by atomic mass is 10.1. The van der Waals surface area contributed by atoms with Gasteiger partial charge in [0.1, 0.15) is 5.82 Å². The zero-order valence-electron chi connectivity index (χ0n) is 12.0. The van der Waals surface area contributed by atoms with Gasteiger partial charge in [0, 0.05) is 24.0 Å². The van der Waals surface area contributed by atoms with Crippen LogP contribution >= 0.6 is 0 Å². The van der Waals surface area contributed by atoms with Crippen molar-refractivity contribution in [2.24, 2.45) is 7.05 Å². The monoisotopic (exact) mass is 295 g/mol. The molecule has 2 aromatic carbocycles. The van der Waals surface area contributed by atoms with Crippen molar-refractivity contribution in [3.63, 3.8) is 0 Å². The van der Waals surface area contributed by atoms with E-state index < -0.39 is 0 Å². The number of hydrogen-bond donors (Lipinski definition) is 1. The van der Waals surface area contributed by atoms with Crippen LogP contribution in [-0.4, -0.2) is 15.8 Å². The summed E-state index contributed by atoms with van der Waals surface area (Å²) >= 11 is 0. The molecule has 0 saturated carbocycles. The van der Waals surface area contributed by atoms with Crippen LogP contribution in [0, 0.1) is 5.82 Å². The Morgan fingerprint density at radius 1 is 1.14 bits per heavy atom. The van der Waals surface area contributed by atoms with Crippen LogP contribution in [-0.2, 0) is 7.05 Å². The third-order valence-corrected chi connectivity index (χ3v) is 3.46. The maximum atomic E-state index is 13.0. The number of anilines is 2. The van der Waals surface area contributed by atoms with Gasteiger partial charge in [0.15, 0.2) is 12.1 Å². The highest BCUT2D eigenvalue weighted by atomic mass is 19.1. The zero-order chi connectivity index (χ0) is 15.5. The fraction of sp³-hybridized carbons (Fsp3) is 0.0588. The van der Waals surface area contributed by atoms with Crippen molar-refractivity contribution in [2.75, 3.05) is 5.32 Å². The van der Waals surface area contributed by atoms with Crippen molar-refractivity contribution >= 4 is 17.7 Å². The summed E-state index contributed by atoms with van der Waals surface area (Å²) in [5.74, 6) is 0.0904. The first kappa shape index (κ1) is 14.0. The highest BCUT2D eigenvalue weighted by molar-refractivity contribution is 5.81. The molecule has 0 aliphatic heterocycles.